The minimum absolute atomic E-state index is 0. The van der Waals surface area contributed by atoms with E-state index in [0.717, 1.165) is 17.8 Å². The molecule has 4 N–H and O–H groups in total. The number of benzene rings is 2. The molecule has 3 aromatic rings. The van der Waals surface area contributed by atoms with Gasteiger partial charge in [-0.3, -0.25) is 19.4 Å². The van der Waals surface area contributed by atoms with Gasteiger partial charge in [0.05, 0.1) is 13.1 Å². The van der Waals surface area contributed by atoms with Crippen molar-refractivity contribution in [2.75, 3.05) is 44.7 Å². The summed E-state index contributed by atoms with van der Waals surface area (Å²) in [5.41, 5.74) is 9.93. The van der Waals surface area contributed by atoms with Crippen molar-refractivity contribution in [3.8, 4) is 11.5 Å². The maximum absolute atomic E-state index is 13.4. The van der Waals surface area contributed by atoms with Gasteiger partial charge in [-0.05, 0) is 48.4 Å². The lowest BCUT2D eigenvalue weighted by atomic mass is 10.1. The van der Waals surface area contributed by atoms with E-state index in [9.17, 15) is 14.4 Å². The van der Waals surface area contributed by atoms with Crippen LogP contribution in [0.2, 0.25) is 0 Å². The van der Waals surface area contributed by atoms with Crippen LogP contribution in [0.4, 0.5) is 5.69 Å². The van der Waals surface area contributed by atoms with Crippen molar-refractivity contribution in [2.45, 2.75) is 26.9 Å². The number of carbonyl (C=O) groups is 3. The molecule has 11 nitrogen and oxygen atoms in total. The predicted molar refractivity (Wildman–Crippen MR) is 162 cm³/mol. The molecule has 0 saturated heterocycles. The van der Waals surface area contributed by atoms with Crippen LogP contribution >= 0.6 is 24.8 Å². The second kappa shape index (κ2) is 15.4. The molecule has 0 bridgehead atoms. The molecule has 0 saturated carbocycles. The summed E-state index contributed by atoms with van der Waals surface area (Å²) in [5, 5.41) is 9.72. The fourth-order valence-corrected chi connectivity index (χ4v) is 4.54. The van der Waals surface area contributed by atoms with Crippen molar-refractivity contribution >= 4 is 48.2 Å². The van der Waals surface area contributed by atoms with Gasteiger partial charge in [0.25, 0.3) is 11.8 Å². The van der Waals surface area contributed by atoms with Crippen LogP contribution in [0.15, 0.2) is 53.1 Å². The Morgan fingerprint density at radius 1 is 1.05 bits per heavy atom. The number of anilines is 1. The summed E-state index contributed by atoms with van der Waals surface area (Å²) in [6.07, 6.45) is 1.22. The van der Waals surface area contributed by atoms with E-state index in [0.29, 0.717) is 31.7 Å². The molecule has 1 aliphatic rings. The highest BCUT2D eigenvalue weighted by molar-refractivity contribution is 5.91. The fourth-order valence-electron chi connectivity index (χ4n) is 4.54. The first kappa shape index (κ1) is 33.6. The van der Waals surface area contributed by atoms with Gasteiger partial charge in [-0.15, -0.1) is 24.8 Å². The van der Waals surface area contributed by atoms with E-state index < -0.39 is 5.91 Å². The third-order valence-electron chi connectivity index (χ3n) is 6.68. The van der Waals surface area contributed by atoms with Gasteiger partial charge in [-0.1, -0.05) is 31.2 Å². The van der Waals surface area contributed by atoms with Gasteiger partial charge in [-0.2, -0.15) is 0 Å². The first-order valence-corrected chi connectivity index (χ1v) is 12.9. The molecule has 1 aliphatic heterocycles. The van der Waals surface area contributed by atoms with Crippen LogP contribution in [-0.2, 0) is 22.7 Å². The number of fused-ring (bicyclic) bond motifs is 1. The molecule has 2 aromatic carbocycles. The van der Waals surface area contributed by atoms with Crippen LogP contribution in [-0.4, -0.2) is 72.5 Å². The van der Waals surface area contributed by atoms with Crippen LogP contribution in [0, 0.1) is 6.92 Å². The minimum Gasteiger partial charge on any atom is -0.444 e. The highest BCUT2D eigenvalue weighted by Crippen LogP contribution is 2.28. The van der Waals surface area contributed by atoms with Crippen LogP contribution in [0.3, 0.4) is 0 Å². The highest BCUT2D eigenvalue weighted by Gasteiger charge is 2.27. The number of rotatable bonds is 12. The Labute approximate surface area is 252 Å². The second-order valence-electron chi connectivity index (χ2n) is 9.47. The molecule has 222 valence electrons. The zero-order valence-electron chi connectivity index (χ0n) is 23.4. The molecule has 41 heavy (non-hydrogen) atoms. The Morgan fingerprint density at radius 2 is 1.73 bits per heavy atom. The van der Waals surface area contributed by atoms with Crippen LogP contribution in [0.5, 0.6) is 0 Å². The van der Waals surface area contributed by atoms with Crippen molar-refractivity contribution in [2.24, 2.45) is 5.73 Å². The summed E-state index contributed by atoms with van der Waals surface area (Å²) >= 11 is 0. The smallest absolute Gasteiger partial charge is 0.270 e. The summed E-state index contributed by atoms with van der Waals surface area (Å²) in [6, 6.07) is 13.6. The largest absolute Gasteiger partial charge is 0.444 e. The summed E-state index contributed by atoms with van der Waals surface area (Å²) in [6.45, 7) is 7.19. The number of oxazole rings is 1. The molecule has 0 radical (unpaired) electrons. The number of aromatic nitrogens is 1. The molecular formula is C28H37Cl2N7O4. The van der Waals surface area contributed by atoms with Gasteiger partial charge in [0, 0.05) is 44.5 Å². The van der Waals surface area contributed by atoms with Crippen molar-refractivity contribution in [1.82, 2.24) is 25.6 Å². The number of nitrogens with zero attached hydrogens (tertiary/aromatic N) is 4. The molecule has 4 rings (SSSR count). The normalized spacial score (nSPS) is 12.1. The van der Waals surface area contributed by atoms with Crippen LogP contribution < -0.4 is 21.3 Å². The molecular weight excluding hydrogens is 569 g/mol. The Bertz CT molecular complexity index is 1330. The number of hydrogen-bond acceptors (Lipinski definition) is 8. The molecule has 0 fully saturated rings. The van der Waals surface area contributed by atoms with Gasteiger partial charge < -0.3 is 25.7 Å². The zero-order valence-corrected chi connectivity index (χ0v) is 25.0. The molecule has 0 spiro atoms. The standard InChI is InChI=1S/C28H35N7O4.2ClH/c1-4-30-11-12-31-25(36)16-34(17-26(37)33(3)35-14-21-7-5-6-8-22(21)15-35)24-10-9-20(13-19(24)2)28-32-23(18-39-28)27(29)38;;/h5-10,13,18,30H,4,11-12,14-17H2,1-3H3,(H2,29,38)(H,31,36);2*1H. The van der Waals surface area contributed by atoms with E-state index in [2.05, 4.69) is 27.8 Å². The summed E-state index contributed by atoms with van der Waals surface area (Å²) in [4.78, 5) is 43.6. The maximum Gasteiger partial charge on any atom is 0.270 e. The Hall–Kier alpha value is -3.64. The summed E-state index contributed by atoms with van der Waals surface area (Å²) in [5.74, 6) is -0.728. The zero-order chi connectivity index (χ0) is 27.9. The van der Waals surface area contributed by atoms with E-state index in [4.69, 9.17) is 10.2 Å². The second-order valence-corrected chi connectivity index (χ2v) is 9.47. The molecule has 0 unspecified atom stereocenters. The number of aryl methyl sites for hydroxylation is 1. The Kier molecular flexibility index (Phi) is 12.6. The molecule has 3 amide bonds. The number of nitrogens with two attached hydrogens (primary N) is 1. The molecule has 13 heteroatoms. The van der Waals surface area contributed by atoms with Gasteiger partial charge in [0.1, 0.15) is 6.26 Å². The van der Waals surface area contributed by atoms with Crippen molar-refractivity contribution in [1.29, 1.82) is 0 Å². The molecule has 0 aliphatic carbocycles. The van der Waals surface area contributed by atoms with Crippen molar-refractivity contribution in [3.63, 3.8) is 0 Å². The quantitative estimate of drug-likeness (QED) is 0.268. The van der Waals surface area contributed by atoms with E-state index in [-0.39, 0.29) is 61.3 Å². The topological polar surface area (TPSA) is 137 Å². The van der Waals surface area contributed by atoms with Crippen molar-refractivity contribution < 1.29 is 18.8 Å². The molecule has 0 atom stereocenters. The summed E-state index contributed by atoms with van der Waals surface area (Å²) in [7, 11) is 1.76. The first-order chi connectivity index (χ1) is 18.8. The van der Waals surface area contributed by atoms with Gasteiger partial charge >= 0.3 is 0 Å². The Morgan fingerprint density at radius 3 is 2.32 bits per heavy atom. The number of nitrogens with one attached hydrogen (secondary N) is 2. The number of likely N-dealkylation sites (N-methyl/N-ethyl adjacent to an activating group) is 2. The first-order valence-electron chi connectivity index (χ1n) is 12.9. The lowest BCUT2D eigenvalue weighted by molar-refractivity contribution is -0.145. The number of hydrazine groups is 1. The van der Waals surface area contributed by atoms with Crippen LogP contribution in [0.25, 0.3) is 11.5 Å². The predicted octanol–water partition coefficient (Wildman–Crippen LogP) is 2.51. The van der Waals surface area contributed by atoms with E-state index in [1.54, 1.807) is 23.0 Å². The summed E-state index contributed by atoms with van der Waals surface area (Å²) < 4.78 is 5.41. The molecule has 2 heterocycles. The van der Waals surface area contributed by atoms with Crippen molar-refractivity contribution in [3.05, 3.63) is 71.1 Å². The third-order valence-corrected chi connectivity index (χ3v) is 6.68. The third kappa shape index (κ3) is 8.43. The van der Waals surface area contributed by atoms with Gasteiger partial charge in [0.15, 0.2) is 5.69 Å². The Balaban J connectivity index is 0.00000294. The lowest BCUT2D eigenvalue weighted by Gasteiger charge is -2.32. The minimum atomic E-state index is -0.673. The van der Waals surface area contributed by atoms with Gasteiger partial charge in [-0.25, -0.2) is 9.99 Å². The number of carbonyl (C=O) groups excluding carboxylic acids is 3. The fraction of sp³-hybridized carbons (Fsp3) is 0.357. The lowest BCUT2D eigenvalue weighted by Crippen LogP contribution is -2.48. The number of hydrogen-bond donors (Lipinski definition) is 3. The average molecular weight is 607 g/mol. The SMILES string of the molecule is CCNCCNC(=O)CN(CC(=O)N(C)N1Cc2ccccc2C1)c1ccc(-c2nc(C(N)=O)co2)cc1C.Cl.Cl. The van der Waals surface area contributed by atoms with Gasteiger partial charge in [0.2, 0.25) is 11.8 Å². The molecule has 1 aromatic heterocycles. The van der Waals surface area contributed by atoms with E-state index >= 15 is 0 Å². The monoisotopic (exact) mass is 605 g/mol. The van der Waals surface area contributed by atoms with E-state index in [1.807, 2.05) is 43.1 Å². The highest BCUT2D eigenvalue weighted by atomic mass is 35.5. The van der Waals surface area contributed by atoms with E-state index in [1.165, 1.54) is 17.4 Å². The number of primary amides is 1. The average Bonchev–Trinajstić information content (AvgIpc) is 3.58. The number of amides is 3. The number of halogens is 2. The van der Waals surface area contributed by atoms with Crippen LogP contribution in [0.1, 0.15) is 34.1 Å². The maximum atomic E-state index is 13.4.